The third kappa shape index (κ3) is 3.46. The number of hydrogen-bond donors (Lipinski definition) is 0. The number of rotatable bonds is 5. The minimum atomic E-state index is -0.346. The van der Waals surface area contributed by atoms with E-state index in [-0.39, 0.29) is 11.3 Å². The van der Waals surface area contributed by atoms with Gasteiger partial charge in [-0.05, 0) is 46.0 Å². The Morgan fingerprint density at radius 1 is 1.19 bits per heavy atom. The molecule has 0 heterocycles. The van der Waals surface area contributed by atoms with Gasteiger partial charge < -0.3 is 4.74 Å². The van der Waals surface area contributed by atoms with Crippen LogP contribution in [0.2, 0.25) is 0 Å². The van der Waals surface area contributed by atoms with Crippen molar-refractivity contribution in [1.82, 2.24) is 4.90 Å². The summed E-state index contributed by atoms with van der Waals surface area (Å²) < 4.78 is 5.54. The molecule has 0 aromatic heterocycles. The van der Waals surface area contributed by atoms with Gasteiger partial charge in [-0.3, -0.25) is 9.69 Å². The Bertz CT molecular complexity index is 474. The molecule has 116 valence electrons. The first-order chi connectivity index (χ1) is 10.1. The molecule has 0 saturated heterocycles. The fourth-order valence-electron chi connectivity index (χ4n) is 3.35. The molecular formula is C18H27NO2. The Labute approximate surface area is 128 Å². The zero-order chi connectivity index (χ0) is 15.3. The summed E-state index contributed by atoms with van der Waals surface area (Å²) in [5, 5.41) is 0. The standard InChI is InChI=1S/C18H27NO2/c1-4-21-16-11-9-10-15(14-16)17(20)18(19(2)3)12-7-5-6-8-13-18/h9-11,14H,4-8,12-13H2,1-3H3. The van der Waals surface area contributed by atoms with Gasteiger partial charge in [-0.15, -0.1) is 0 Å². The summed E-state index contributed by atoms with van der Waals surface area (Å²) in [6.07, 6.45) is 6.66. The van der Waals surface area contributed by atoms with Gasteiger partial charge in [0.2, 0.25) is 0 Å². The highest BCUT2D eigenvalue weighted by Crippen LogP contribution is 2.34. The van der Waals surface area contributed by atoms with Gasteiger partial charge in [-0.25, -0.2) is 0 Å². The van der Waals surface area contributed by atoms with Crippen LogP contribution in [0.1, 0.15) is 55.8 Å². The Morgan fingerprint density at radius 3 is 2.43 bits per heavy atom. The van der Waals surface area contributed by atoms with Gasteiger partial charge in [0.1, 0.15) is 5.75 Å². The van der Waals surface area contributed by atoms with Crippen LogP contribution in [0.15, 0.2) is 24.3 Å². The molecule has 1 aromatic rings. The van der Waals surface area contributed by atoms with Gasteiger partial charge in [-0.2, -0.15) is 0 Å². The van der Waals surface area contributed by atoms with Crippen LogP contribution in [0, 0.1) is 0 Å². The summed E-state index contributed by atoms with van der Waals surface area (Å²) in [6, 6.07) is 7.64. The SMILES string of the molecule is CCOc1cccc(C(=O)C2(N(C)C)CCCCCC2)c1. The van der Waals surface area contributed by atoms with Crippen LogP contribution in [-0.2, 0) is 0 Å². The van der Waals surface area contributed by atoms with E-state index in [2.05, 4.69) is 4.90 Å². The number of carbonyl (C=O) groups is 1. The Balaban J connectivity index is 2.31. The van der Waals surface area contributed by atoms with Gasteiger partial charge in [0.15, 0.2) is 5.78 Å². The van der Waals surface area contributed by atoms with Crippen LogP contribution in [0.25, 0.3) is 0 Å². The molecule has 0 radical (unpaired) electrons. The van der Waals surface area contributed by atoms with Crippen molar-refractivity contribution >= 4 is 5.78 Å². The molecule has 0 aliphatic heterocycles. The highest BCUT2D eigenvalue weighted by atomic mass is 16.5. The third-order valence-electron chi connectivity index (χ3n) is 4.62. The monoisotopic (exact) mass is 289 g/mol. The van der Waals surface area contributed by atoms with Crippen molar-refractivity contribution in [3.63, 3.8) is 0 Å². The quantitative estimate of drug-likeness (QED) is 0.608. The van der Waals surface area contributed by atoms with Crippen LogP contribution in [0.4, 0.5) is 0 Å². The predicted octanol–water partition coefficient (Wildman–Crippen LogP) is 3.92. The van der Waals surface area contributed by atoms with Crippen LogP contribution >= 0.6 is 0 Å². The highest BCUT2D eigenvalue weighted by molar-refractivity contribution is 6.03. The van der Waals surface area contributed by atoms with Crippen molar-refractivity contribution in [1.29, 1.82) is 0 Å². The number of carbonyl (C=O) groups excluding carboxylic acids is 1. The van der Waals surface area contributed by atoms with E-state index in [0.29, 0.717) is 6.61 Å². The lowest BCUT2D eigenvalue weighted by Gasteiger charge is -2.38. The largest absolute Gasteiger partial charge is 0.494 e. The van der Waals surface area contributed by atoms with Crippen LogP contribution < -0.4 is 4.74 Å². The van der Waals surface area contributed by atoms with Crippen molar-refractivity contribution in [2.75, 3.05) is 20.7 Å². The third-order valence-corrected chi connectivity index (χ3v) is 4.62. The lowest BCUT2D eigenvalue weighted by molar-refractivity contribution is 0.0634. The lowest BCUT2D eigenvalue weighted by atomic mass is 9.81. The number of likely N-dealkylation sites (N-methyl/N-ethyl adjacent to an activating group) is 1. The van der Waals surface area contributed by atoms with E-state index in [1.54, 1.807) is 0 Å². The van der Waals surface area contributed by atoms with Crippen molar-refractivity contribution < 1.29 is 9.53 Å². The van der Waals surface area contributed by atoms with Crippen molar-refractivity contribution in [3.8, 4) is 5.75 Å². The number of Topliss-reactive ketones (excluding diaryl/α,β-unsaturated/α-hetero) is 1. The summed E-state index contributed by atoms with van der Waals surface area (Å²) >= 11 is 0. The topological polar surface area (TPSA) is 29.5 Å². The van der Waals surface area contributed by atoms with E-state index < -0.39 is 0 Å². The second-order valence-electron chi connectivity index (χ2n) is 6.13. The molecule has 1 aromatic carbocycles. The van der Waals surface area contributed by atoms with E-state index in [9.17, 15) is 4.79 Å². The Hall–Kier alpha value is -1.35. The first-order valence-electron chi connectivity index (χ1n) is 8.05. The molecule has 1 fully saturated rings. The average Bonchev–Trinajstić information content (AvgIpc) is 2.74. The smallest absolute Gasteiger partial charge is 0.183 e. The zero-order valence-corrected chi connectivity index (χ0v) is 13.5. The molecule has 1 aliphatic carbocycles. The minimum absolute atomic E-state index is 0.246. The summed E-state index contributed by atoms with van der Waals surface area (Å²) in [4.78, 5) is 15.3. The minimum Gasteiger partial charge on any atom is -0.494 e. The van der Waals surface area contributed by atoms with Gasteiger partial charge >= 0.3 is 0 Å². The zero-order valence-electron chi connectivity index (χ0n) is 13.5. The van der Waals surface area contributed by atoms with E-state index in [0.717, 1.165) is 37.0 Å². The second-order valence-corrected chi connectivity index (χ2v) is 6.13. The van der Waals surface area contributed by atoms with Gasteiger partial charge in [-0.1, -0.05) is 37.8 Å². The van der Waals surface area contributed by atoms with Crippen LogP contribution in [-0.4, -0.2) is 36.9 Å². The Morgan fingerprint density at radius 2 is 1.86 bits per heavy atom. The maximum absolute atomic E-state index is 13.2. The molecular weight excluding hydrogens is 262 g/mol. The number of ether oxygens (including phenoxy) is 1. The van der Waals surface area contributed by atoms with Crippen molar-refractivity contribution in [2.45, 2.75) is 51.0 Å². The number of nitrogens with zero attached hydrogens (tertiary/aromatic N) is 1. The first kappa shape index (κ1) is 16.0. The first-order valence-corrected chi connectivity index (χ1v) is 8.05. The highest BCUT2D eigenvalue weighted by Gasteiger charge is 2.40. The normalized spacial score (nSPS) is 18.3. The fraction of sp³-hybridized carbons (Fsp3) is 0.611. The van der Waals surface area contributed by atoms with E-state index in [4.69, 9.17) is 4.74 Å². The molecule has 0 N–H and O–H groups in total. The maximum Gasteiger partial charge on any atom is 0.183 e. The molecule has 3 heteroatoms. The van der Waals surface area contributed by atoms with Gasteiger partial charge in [0.05, 0.1) is 12.1 Å². The fourth-order valence-corrected chi connectivity index (χ4v) is 3.35. The van der Waals surface area contributed by atoms with Crippen molar-refractivity contribution in [2.24, 2.45) is 0 Å². The second kappa shape index (κ2) is 7.08. The molecule has 0 unspecified atom stereocenters. The maximum atomic E-state index is 13.2. The summed E-state index contributed by atoms with van der Waals surface area (Å²) in [5.41, 5.74) is 0.429. The van der Waals surface area contributed by atoms with Crippen LogP contribution in [0.5, 0.6) is 5.75 Å². The molecule has 0 bridgehead atoms. The Kier molecular flexibility index (Phi) is 5.40. The van der Waals surface area contributed by atoms with Crippen LogP contribution in [0.3, 0.4) is 0 Å². The summed E-state index contributed by atoms with van der Waals surface area (Å²) in [5.74, 6) is 1.03. The molecule has 21 heavy (non-hydrogen) atoms. The van der Waals surface area contributed by atoms with E-state index in [1.807, 2.05) is 45.3 Å². The molecule has 0 spiro atoms. The number of ketones is 1. The molecule has 0 amide bonds. The number of benzene rings is 1. The number of hydrogen-bond acceptors (Lipinski definition) is 3. The average molecular weight is 289 g/mol. The summed E-state index contributed by atoms with van der Waals surface area (Å²) in [7, 11) is 4.07. The lowest BCUT2D eigenvalue weighted by Crippen LogP contribution is -2.50. The van der Waals surface area contributed by atoms with E-state index >= 15 is 0 Å². The van der Waals surface area contributed by atoms with Crippen molar-refractivity contribution in [3.05, 3.63) is 29.8 Å². The summed E-state index contributed by atoms with van der Waals surface area (Å²) in [6.45, 7) is 2.58. The van der Waals surface area contributed by atoms with Gasteiger partial charge in [0, 0.05) is 5.56 Å². The molecule has 1 aliphatic rings. The van der Waals surface area contributed by atoms with E-state index in [1.165, 1.54) is 12.8 Å². The molecule has 0 atom stereocenters. The van der Waals surface area contributed by atoms with Gasteiger partial charge in [0.25, 0.3) is 0 Å². The predicted molar refractivity (Wildman–Crippen MR) is 86.1 cm³/mol. The molecule has 2 rings (SSSR count). The molecule has 3 nitrogen and oxygen atoms in total. The molecule has 1 saturated carbocycles.